The number of anilines is 2. The largest absolute Gasteiger partial charge is 0.468 e. The van der Waals surface area contributed by atoms with Crippen molar-refractivity contribution in [2.45, 2.75) is 18.6 Å². The van der Waals surface area contributed by atoms with Gasteiger partial charge in [-0.3, -0.25) is 24.3 Å². The summed E-state index contributed by atoms with van der Waals surface area (Å²) < 4.78 is 46.3. The number of rotatable bonds is 9. The molecule has 2 aromatic rings. The van der Waals surface area contributed by atoms with Crippen LogP contribution in [0.25, 0.3) is 0 Å². The van der Waals surface area contributed by atoms with Crippen molar-refractivity contribution >= 4 is 41.9 Å². The molecule has 0 radical (unpaired) electrons. The number of nitrogens with one attached hydrogen (secondary N) is 1. The van der Waals surface area contributed by atoms with E-state index in [9.17, 15) is 19.2 Å². The number of amides is 4. The molecule has 4 heterocycles. The van der Waals surface area contributed by atoms with Gasteiger partial charge in [0.15, 0.2) is 17.4 Å². The van der Waals surface area contributed by atoms with Crippen molar-refractivity contribution in [2.75, 3.05) is 56.2 Å². The molecule has 17 heteroatoms. The molecule has 3 saturated heterocycles. The van der Waals surface area contributed by atoms with Gasteiger partial charge in [-0.1, -0.05) is 0 Å². The minimum absolute atomic E-state index is 0.00312. The monoisotopic (exact) mass is 616 g/mol. The molecule has 234 valence electrons. The van der Waals surface area contributed by atoms with Crippen LogP contribution >= 0.6 is 0 Å². The van der Waals surface area contributed by atoms with Crippen LogP contribution in [0.15, 0.2) is 46.1 Å². The molecule has 0 unspecified atom stereocenters. The van der Waals surface area contributed by atoms with E-state index in [2.05, 4.69) is 17.0 Å². The first-order chi connectivity index (χ1) is 21.1. The average Bonchev–Trinajstić information content (AvgIpc) is 3.55. The molecule has 4 amide bonds. The topological polar surface area (TPSA) is 166 Å². The highest BCUT2D eigenvalue weighted by molar-refractivity contribution is 5.99. The number of methoxy groups -OCH3 is 1. The van der Waals surface area contributed by atoms with Gasteiger partial charge in [-0.15, -0.1) is 0 Å². The van der Waals surface area contributed by atoms with Crippen LogP contribution in [0.4, 0.5) is 25.0 Å². The number of carbonyl (C=O) groups excluding carboxylic acids is 4. The smallest absolute Gasteiger partial charge is 0.414 e. The van der Waals surface area contributed by atoms with E-state index in [-0.39, 0.29) is 68.8 Å². The number of nitrogens with two attached hydrogens (primary N) is 1. The second-order valence-electron chi connectivity index (χ2n) is 10.1. The lowest BCUT2D eigenvalue weighted by atomic mass is 10.1. The molecule has 3 N–H and O–H groups in total. The molecule has 15 nitrogen and oxygen atoms in total. The molecule has 0 aliphatic carbocycles. The lowest BCUT2D eigenvalue weighted by molar-refractivity contribution is -0.171. The van der Waals surface area contributed by atoms with Crippen molar-refractivity contribution in [1.29, 1.82) is 0 Å². The van der Waals surface area contributed by atoms with Crippen LogP contribution in [0.2, 0.25) is 0 Å². The van der Waals surface area contributed by atoms with Crippen molar-refractivity contribution in [3.05, 3.63) is 54.1 Å². The predicted molar refractivity (Wildman–Crippen MR) is 150 cm³/mol. The number of carbonyl (C=O) groups is 4. The third kappa shape index (κ3) is 6.12. The van der Waals surface area contributed by atoms with Crippen molar-refractivity contribution in [2.24, 2.45) is 10.8 Å². The van der Waals surface area contributed by atoms with Gasteiger partial charge in [0.1, 0.15) is 17.8 Å². The standard InChI is InChI=1S/C27H30F2N8O7/c1-31-5-6-34(30)14-17-15-35(27(41)43-17)16-11-18(28)24(19(29)12-16)33-7-9-36-22(38)13-20(26(40)37(36)10-8-33)32-25(39)21-3-4-23(42-2)44-21/h3-6,11-12,17,20H,1,7-10,13-15,30H2,2H3,(H,32,39)/b6-5-/t17-,20-/m0/s1. The molecule has 3 aliphatic rings. The normalized spacial score (nSPS) is 20.5. The highest BCUT2D eigenvalue weighted by atomic mass is 19.1. The SMILES string of the molecule is C=N/C=C\N(N)C[C@H]1CN(c2cc(F)c(N3CCN4C(=O)C[C@H](NC(=O)c5ccc(OC)o5)C(=O)N4CC3)c(F)c2)C(=O)O1. The quantitative estimate of drug-likeness (QED) is 0.234. The van der Waals surface area contributed by atoms with Crippen LogP contribution in [-0.4, -0.2) is 104 Å². The number of nitrogens with zero attached hydrogens (tertiary/aromatic N) is 6. The maximum atomic E-state index is 15.4. The van der Waals surface area contributed by atoms with Crippen LogP contribution in [-0.2, 0) is 14.3 Å². The van der Waals surface area contributed by atoms with Gasteiger partial charge in [-0.05, 0) is 12.8 Å². The fraction of sp³-hybridized carbons (Fsp3) is 0.370. The minimum atomic E-state index is -1.16. The molecule has 1 aromatic heterocycles. The molecule has 0 spiro atoms. The van der Waals surface area contributed by atoms with Crippen molar-refractivity contribution in [1.82, 2.24) is 20.3 Å². The summed E-state index contributed by atoms with van der Waals surface area (Å²) in [5.41, 5.74) is -0.414. The Bertz CT molecular complexity index is 1480. The number of hydrogen-bond acceptors (Lipinski definition) is 11. The molecule has 5 rings (SSSR count). The van der Waals surface area contributed by atoms with E-state index < -0.39 is 47.6 Å². The van der Waals surface area contributed by atoms with Gasteiger partial charge in [0.05, 0.1) is 45.4 Å². The summed E-state index contributed by atoms with van der Waals surface area (Å²) in [5, 5.41) is 6.13. The Hall–Kier alpha value is -5.19. The summed E-state index contributed by atoms with van der Waals surface area (Å²) in [6.07, 6.45) is 1.03. The van der Waals surface area contributed by atoms with Gasteiger partial charge < -0.3 is 29.1 Å². The van der Waals surface area contributed by atoms with Crippen molar-refractivity contribution in [3.8, 4) is 5.95 Å². The Morgan fingerprint density at radius 1 is 1.18 bits per heavy atom. The zero-order chi connectivity index (χ0) is 31.5. The lowest BCUT2D eigenvalue weighted by Gasteiger charge is -2.39. The van der Waals surface area contributed by atoms with Crippen LogP contribution in [0.3, 0.4) is 0 Å². The Kier molecular flexibility index (Phi) is 8.66. The Morgan fingerprint density at radius 2 is 1.89 bits per heavy atom. The number of fused-ring (bicyclic) bond motifs is 1. The highest BCUT2D eigenvalue weighted by Crippen LogP contribution is 2.32. The molecule has 44 heavy (non-hydrogen) atoms. The maximum absolute atomic E-state index is 15.4. The molecule has 3 fully saturated rings. The van der Waals surface area contributed by atoms with E-state index in [4.69, 9.17) is 19.7 Å². The number of ether oxygens (including phenoxy) is 2. The maximum Gasteiger partial charge on any atom is 0.414 e. The van der Waals surface area contributed by atoms with Gasteiger partial charge in [-0.2, -0.15) is 0 Å². The zero-order valence-electron chi connectivity index (χ0n) is 23.6. The first-order valence-electron chi connectivity index (χ1n) is 13.5. The number of hydrazine groups is 2. The van der Waals surface area contributed by atoms with Gasteiger partial charge in [0.25, 0.3) is 17.8 Å². The summed E-state index contributed by atoms with van der Waals surface area (Å²) in [5.74, 6) is 2.22. The molecular formula is C27H30F2N8O7. The number of furan rings is 1. The molecule has 2 atom stereocenters. The first kappa shape index (κ1) is 30.3. The third-order valence-corrected chi connectivity index (χ3v) is 7.27. The van der Waals surface area contributed by atoms with E-state index in [1.54, 1.807) is 0 Å². The summed E-state index contributed by atoms with van der Waals surface area (Å²) in [6.45, 7) is 3.28. The second-order valence-corrected chi connectivity index (χ2v) is 10.1. The molecule has 3 aliphatic heterocycles. The Labute approximate surface area is 250 Å². The van der Waals surface area contributed by atoms with E-state index in [1.165, 1.54) is 51.6 Å². The summed E-state index contributed by atoms with van der Waals surface area (Å²) in [6, 6.07) is 3.69. The van der Waals surface area contributed by atoms with E-state index in [0.717, 1.165) is 17.0 Å². The van der Waals surface area contributed by atoms with E-state index in [1.807, 2.05) is 0 Å². The van der Waals surface area contributed by atoms with Crippen molar-refractivity contribution in [3.63, 3.8) is 0 Å². The molecule has 1 aromatic carbocycles. The number of benzene rings is 1. The molecular weight excluding hydrogens is 586 g/mol. The Morgan fingerprint density at radius 3 is 2.55 bits per heavy atom. The number of hydrogen-bond donors (Lipinski definition) is 2. The van der Waals surface area contributed by atoms with Crippen LogP contribution in [0, 0.1) is 11.6 Å². The lowest BCUT2D eigenvalue weighted by Crippen LogP contribution is -2.62. The van der Waals surface area contributed by atoms with Gasteiger partial charge in [-0.25, -0.2) is 29.4 Å². The first-order valence-corrected chi connectivity index (χ1v) is 13.5. The average molecular weight is 617 g/mol. The fourth-order valence-corrected chi connectivity index (χ4v) is 5.20. The number of halogens is 2. The zero-order valence-corrected chi connectivity index (χ0v) is 23.6. The van der Waals surface area contributed by atoms with Gasteiger partial charge in [0.2, 0.25) is 5.91 Å². The second kappa shape index (κ2) is 12.6. The number of cyclic esters (lactones) is 1. The molecule has 0 saturated carbocycles. The van der Waals surface area contributed by atoms with Crippen LogP contribution in [0.5, 0.6) is 5.95 Å². The van der Waals surface area contributed by atoms with Crippen LogP contribution in [0.1, 0.15) is 17.0 Å². The van der Waals surface area contributed by atoms with Gasteiger partial charge >= 0.3 is 6.09 Å². The number of aliphatic imine (C=N–C) groups is 1. The Balaban J connectivity index is 1.26. The van der Waals surface area contributed by atoms with E-state index in [0.29, 0.717) is 0 Å². The fourth-order valence-electron chi connectivity index (χ4n) is 5.20. The summed E-state index contributed by atoms with van der Waals surface area (Å²) in [7, 11) is 1.37. The predicted octanol–water partition coefficient (Wildman–Crippen LogP) is 0.834. The van der Waals surface area contributed by atoms with Crippen molar-refractivity contribution < 1.29 is 41.8 Å². The molecule has 0 bridgehead atoms. The summed E-state index contributed by atoms with van der Waals surface area (Å²) >= 11 is 0. The summed E-state index contributed by atoms with van der Waals surface area (Å²) in [4.78, 5) is 57.3. The highest BCUT2D eigenvalue weighted by Gasteiger charge is 2.42. The third-order valence-electron chi connectivity index (χ3n) is 7.27. The van der Waals surface area contributed by atoms with Crippen LogP contribution < -0.4 is 25.7 Å². The van der Waals surface area contributed by atoms with E-state index >= 15 is 8.78 Å². The minimum Gasteiger partial charge on any atom is -0.468 e. The van der Waals surface area contributed by atoms with Gasteiger partial charge in [0, 0.05) is 43.7 Å².